The molecule has 3 fully saturated rings. The van der Waals surface area contributed by atoms with Gasteiger partial charge in [0, 0.05) is 24.7 Å². The summed E-state index contributed by atoms with van der Waals surface area (Å²) >= 11 is 0. The van der Waals surface area contributed by atoms with Crippen LogP contribution in [0.2, 0.25) is 0 Å². The number of nitrogen functional groups attached to an aromatic ring is 1. The largest absolute Gasteiger partial charge is 0.399 e. The molecule has 2 unspecified atom stereocenters. The molecule has 3 saturated heterocycles. The molecule has 4 heteroatoms. The van der Waals surface area contributed by atoms with Gasteiger partial charge in [0.25, 0.3) is 0 Å². The summed E-state index contributed by atoms with van der Waals surface area (Å²) in [6.07, 6.45) is 3.02. The summed E-state index contributed by atoms with van der Waals surface area (Å²) in [5.74, 6) is 1.09. The molecule has 3 aliphatic rings. The number of carbonyl (C=O) groups excluding carboxylic acids is 1. The first-order valence-corrected chi connectivity index (χ1v) is 7.99. The maximum atomic E-state index is 12.3. The lowest BCUT2D eigenvalue weighted by atomic mass is 9.84. The molecule has 3 heterocycles. The fraction of sp³-hybridized carbons (Fsp3) is 0.588. The smallest absolute Gasteiger partial charge is 0.220 e. The molecule has 114 valence electrons. The molecule has 0 spiro atoms. The number of amides is 1. The van der Waals surface area contributed by atoms with E-state index in [4.69, 9.17) is 5.73 Å². The third kappa shape index (κ3) is 3.38. The van der Waals surface area contributed by atoms with E-state index >= 15 is 0 Å². The van der Waals surface area contributed by atoms with Crippen LogP contribution in [-0.4, -0.2) is 36.5 Å². The molecule has 3 N–H and O–H groups in total. The van der Waals surface area contributed by atoms with Crippen molar-refractivity contribution in [2.45, 2.75) is 38.1 Å². The van der Waals surface area contributed by atoms with Crippen molar-refractivity contribution in [2.24, 2.45) is 5.92 Å². The zero-order chi connectivity index (χ0) is 14.8. The Hall–Kier alpha value is -1.55. The van der Waals surface area contributed by atoms with Gasteiger partial charge in [0.15, 0.2) is 0 Å². The molecule has 0 radical (unpaired) electrons. The van der Waals surface area contributed by atoms with Gasteiger partial charge in [0.2, 0.25) is 5.91 Å². The fourth-order valence-electron chi connectivity index (χ4n) is 3.61. The highest BCUT2D eigenvalue weighted by Gasteiger charge is 2.34. The number of carbonyl (C=O) groups is 1. The number of rotatable bonds is 4. The minimum Gasteiger partial charge on any atom is -0.399 e. The van der Waals surface area contributed by atoms with Crippen LogP contribution >= 0.6 is 0 Å². The van der Waals surface area contributed by atoms with Crippen molar-refractivity contribution < 1.29 is 4.79 Å². The number of nitrogens with one attached hydrogen (secondary N) is 1. The summed E-state index contributed by atoms with van der Waals surface area (Å²) in [4.78, 5) is 14.8. The summed E-state index contributed by atoms with van der Waals surface area (Å²) in [5.41, 5.74) is 7.64. The Labute approximate surface area is 126 Å². The Morgan fingerprint density at radius 3 is 2.57 bits per heavy atom. The number of hydrogen-bond acceptors (Lipinski definition) is 3. The highest BCUT2D eigenvalue weighted by molar-refractivity contribution is 5.77. The zero-order valence-corrected chi connectivity index (χ0v) is 12.7. The lowest BCUT2D eigenvalue weighted by molar-refractivity contribution is -0.123. The number of fused-ring (bicyclic) bond motifs is 3. The molecule has 1 aromatic carbocycles. The van der Waals surface area contributed by atoms with Crippen molar-refractivity contribution >= 4 is 11.6 Å². The highest BCUT2D eigenvalue weighted by atomic mass is 16.1. The van der Waals surface area contributed by atoms with Crippen LogP contribution in [0.3, 0.4) is 0 Å². The van der Waals surface area contributed by atoms with Crippen LogP contribution in [0.1, 0.15) is 37.7 Å². The van der Waals surface area contributed by atoms with Crippen LogP contribution in [-0.2, 0) is 4.79 Å². The van der Waals surface area contributed by atoms with E-state index in [9.17, 15) is 4.79 Å². The number of nitrogens with zero attached hydrogens (tertiary/aromatic N) is 1. The molecule has 3 aliphatic heterocycles. The number of anilines is 1. The minimum atomic E-state index is 0.179. The van der Waals surface area contributed by atoms with Crippen LogP contribution in [0.4, 0.5) is 5.69 Å². The summed E-state index contributed by atoms with van der Waals surface area (Å²) in [7, 11) is 0. The molecule has 21 heavy (non-hydrogen) atoms. The van der Waals surface area contributed by atoms with Gasteiger partial charge in [-0.05, 0) is 55.5 Å². The average molecular weight is 287 g/mol. The van der Waals surface area contributed by atoms with Crippen LogP contribution in [0.5, 0.6) is 0 Å². The predicted molar refractivity (Wildman–Crippen MR) is 85.0 cm³/mol. The Kier molecular flexibility index (Phi) is 4.15. The maximum Gasteiger partial charge on any atom is 0.220 e. The quantitative estimate of drug-likeness (QED) is 0.833. The van der Waals surface area contributed by atoms with Gasteiger partial charge in [-0.15, -0.1) is 0 Å². The van der Waals surface area contributed by atoms with Gasteiger partial charge >= 0.3 is 0 Å². The van der Waals surface area contributed by atoms with Crippen molar-refractivity contribution in [1.29, 1.82) is 0 Å². The summed E-state index contributed by atoms with van der Waals surface area (Å²) in [5, 5.41) is 3.26. The van der Waals surface area contributed by atoms with Gasteiger partial charge in [-0.3, -0.25) is 4.79 Å². The molecule has 4 rings (SSSR count). The molecule has 0 aliphatic carbocycles. The molecule has 2 bridgehead atoms. The Bertz CT molecular complexity index is 491. The third-order valence-corrected chi connectivity index (χ3v) is 5.00. The first kappa shape index (κ1) is 14.4. The van der Waals surface area contributed by atoms with Crippen LogP contribution in [0.15, 0.2) is 24.3 Å². The van der Waals surface area contributed by atoms with E-state index in [0.717, 1.165) is 12.2 Å². The Morgan fingerprint density at radius 2 is 2.00 bits per heavy atom. The second kappa shape index (κ2) is 6.06. The van der Waals surface area contributed by atoms with E-state index in [0.29, 0.717) is 18.4 Å². The van der Waals surface area contributed by atoms with Crippen molar-refractivity contribution in [3.63, 3.8) is 0 Å². The van der Waals surface area contributed by atoms with Crippen molar-refractivity contribution in [3.8, 4) is 0 Å². The summed E-state index contributed by atoms with van der Waals surface area (Å²) in [6.45, 7) is 5.55. The molecule has 0 saturated carbocycles. The van der Waals surface area contributed by atoms with Gasteiger partial charge in [0.1, 0.15) is 0 Å². The lowest BCUT2D eigenvalue weighted by Crippen LogP contribution is -2.57. The van der Waals surface area contributed by atoms with Crippen LogP contribution in [0, 0.1) is 5.92 Å². The van der Waals surface area contributed by atoms with E-state index in [1.165, 1.54) is 31.5 Å². The molecule has 0 aromatic heterocycles. The second-order valence-corrected chi connectivity index (χ2v) is 6.58. The van der Waals surface area contributed by atoms with Gasteiger partial charge in [-0.25, -0.2) is 0 Å². The monoisotopic (exact) mass is 287 g/mol. The number of nitrogens with two attached hydrogens (primary N) is 1. The van der Waals surface area contributed by atoms with Crippen LogP contribution < -0.4 is 11.1 Å². The maximum absolute atomic E-state index is 12.3. The molecule has 2 atom stereocenters. The van der Waals surface area contributed by atoms with Gasteiger partial charge < -0.3 is 16.0 Å². The first-order valence-electron chi connectivity index (χ1n) is 7.99. The molecule has 1 amide bonds. The predicted octanol–water partition coefficient (Wildman–Crippen LogP) is 1.97. The topological polar surface area (TPSA) is 58.4 Å². The van der Waals surface area contributed by atoms with Gasteiger partial charge in [0.05, 0.1) is 0 Å². The number of benzene rings is 1. The third-order valence-electron chi connectivity index (χ3n) is 5.00. The van der Waals surface area contributed by atoms with Crippen molar-refractivity contribution in [3.05, 3.63) is 29.8 Å². The van der Waals surface area contributed by atoms with E-state index < -0.39 is 0 Å². The van der Waals surface area contributed by atoms with E-state index in [-0.39, 0.29) is 11.8 Å². The van der Waals surface area contributed by atoms with Crippen molar-refractivity contribution in [1.82, 2.24) is 10.2 Å². The first-order chi connectivity index (χ1) is 10.1. The standard InChI is InChI=1S/C17H25N3O/c1-12(13-2-4-15(18)5-3-13)10-17(21)19-16-11-20-8-6-14(16)7-9-20/h2-5,12,14,16H,6-11,18H2,1H3,(H,19,21). The Morgan fingerprint density at radius 1 is 1.33 bits per heavy atom. The SMILES string of the molecule is CC(CC(=O)NC1CN2CCC1CC2)c1ccc(N)cc1. The number of piperidine rings is 3. The molecule has 1 aromatic rings. The average Bonchev–Trinajstić information content (AvgIpc) is 2.49. The van der Waals surface area contributed by atoms with E-state index in [2.05, 4.69) is 17.1 Å². The summed E-state index contributed by atoms with van der Waals surface area (Å²) in [6, 6.07) is 8.19. The zero-order valence-electron chi connectivity index (χ0n) is 12.7. The lowest BCUT2D eigenvalue weighted by Gasteiger charge is -2.45. The van der Waals surface area contributed by atoms with Gasteiger partial charge in [-0.2, -0.15) is 0 Å². The second-order valence-electron chi connectivity index (χ2n) is 6.58. The molecular weight excluding hydrogens is 262 g/mol. The molecule has 4 nitrogen and oxygen atoms in total. The van der Waals surface area contributed by atoms with Crippen LogP contribution in [0.25, 0.3) is 0 Å². The minimum absolute atomic E-state index is 0.179. The summed E-state index contributed by atoms with van der Waals surface area (Å²) < 4.78 is 0. The van der Waals surface area contributed by atoms with E-state index in [1.54, 1.807) is 0 Å². The normalized spacial score (nSPS) is 29.1. The Balaban J connectivity index is 1.53. The highest BCUT2D eigenvalue weighted by Crippen LogP contribution is 2.28. The van der Waals surface area contributed by atoms with Gasteiger partial charge in [-0.1, -0.05) is 19.1 Å². The van der Waals surface area contributed by atoms with E-state index in [1.807, 2.05) is 24.3 Å². The molecular formula is C17H25N3O. The number of hydrogen-bond donors (Lipinski definition) is 2. The van der Waals surface area contributed by atoms with Crippen molar-refractivity contribution in [2.75, 3.05) is 25.4 Å². The fourth-order valence-corrected chi connectivity index (χ4v) is 3.61.